The molecule has 0 bridgehead atoms. The number of nitrogens with one attached hydrogen (secondary N) is 1. The van der Waals surface area contributed by atoms with Crippen LogP contribution in [0, 0.1) is 0 Å². The number of amides is 1. The van der Waals surface area contributed by atoms with Crippen LogP contribution in [0.4, 0.5) is 0 Å². The van der Waals surface area contributed by atoms with E-state index in [1.807, 2.05) is 0 Å². The van der Waals surface area contributed by atoms with Gasteiger partial charge in [-0.15, -0.1) is 0 Å². The lowest BCUT2D eigenvalue weighted by molar-refractivity contribution is -0.864. The quantitative estimate of drug-likeness (QED) is 0.549. The van der Waals surface area contributed by atoms with Crippen molar-refractivity contribution in [2.75, 3.05) is 27.7 Å². The van der Waals surface area contributed by atoms with Gasteiger partial charge in [-0.25, -0.2) is 4.79 Å². The number of aliphatic carboxylic acids is 2. The summed E-state index contributed by atoms with van der Waals surface area (Å²) < 4.78 is 0.419. The zero-order valence-electron chi connectivity index (χ0n) is 10.2. The maximum absolute atomic E-state index is 10.4. The Kier molecular flexibility index (Phi) is 5.60. The van der Waals surface area contributed by atoms with Crippen LogP contribution in [0.25, 0.3) is 0 Å². The third-order valence-electron chi connectivity index (χ3n) is 1.90. The topological polar surface area (TPSA) is 107 Å². The molecule has 1 aliphatic rings. The SMILES string of the molecule is C[N+](C)(C)CC(=O)[O-].O=C1CCC(C(=O)O)N1. The Morgan fingerprint density at radius 3 is 2.12 bits per heavy atom. The fourth-order valence-electron chi connectivity index (χ4n) is 1.19. The lowest BCUT2D eigenvalue weighted by atomic mass is 10.2. The monoisotopic (exact) mass is 246 g/mol. The van der Waals surface area contributed by atoms with E-state index in [2.05, 4.69) is 5.32 Å². The Labute approximate surface area is 99.6 Å². The average Bonchev–Trinajstić information content (AvgIpc) is 2.47. The summed E-state index contributed by atoms with van der Waals surface area (Å²) in [5.74, 6) is -2.11. The van der Waals surface area contributed by atoms with Crippen molar-refractivity contribution in [3.8, 4) is 0 Å². The maximum Gasteiger partial charge on any atom is 0.326 e. The molecule has 0 radical (unpaired) electrons. The highest BCUT2D eigenvalue weighted by Gasteiger charge is 2.26. The number of quaternary nitrogens is 1. The second-order valence-electron chi connectivity index (χ2n) is 4.82. The number of likely N-dealkylation sites (N-methyl/N-ethyl adjacent to an activating group) is 1. The highest BCUT2D eigenvalue weighted by molar-refractivity contribution is 5.87. The predicted molar refractivity (Wildman–Crippen MR) is 56.7 cm³/mol. The summed E-state index contributed by atoms with van der Waals surface area (Å²) in [7, 11) is 5.40. The number of carbonyl (C=O) groups excluding carboxylic acids is 2. The summed E-state index contributed by atoms with van der Waals surface area (Å²) in [6.07, 6.45) is 0.769. The van der Waals surface area contributed by atoms with Gasteiger partial charge in [0, 0.05) is 6.42 Å². The van der Waals surface area contributed by atoms with Gasteiger partial charge in [0.1, 0.15) is 12.6 Å². The number of hydrogen-bond acceptors (Lipinski definition) is 4. The Morgan fingerprint density at radius 2 is 2.00 bits per heavy atom. The number of carbonyl (C=O) groups is 3. The van der Waals surface area contributed by atoms with Crippen LogP contribution in [0.1, 0.15) is 12.8 Å². The van der Waals surface area contributed by atoms with Gasteiger partial charge in [-0.2, -0.15) is 0 Å². The van der Waals surface area contributed by atoms with Crippen LogP contribution in [0.5, 0.6) is 0 Å². The van der Waals surface area contributed by atoms with Gasteiger partial charge in [0.2, 0.25) is 5.91 Å². The number of nitrogens with zero attached hydrogens (tertiary/aromatic N) is 1. The van der Waals surface area contributed by atoms with Crippen molar-refractivity contribution in [2.24, 2.45) is 0 Å². The van der Waals surface area contributed by atoms with Gasteiger partial charge in [-0.05, 0) is 6.42 Å². The fraction of sp³-hybridized carbons (Fsp3) is 0.700. The van der Waals surface area contributed by atoms with Crippen molar-refractivity contribution < 1.29 is 29.1 Å². The van der Waals surface area contributed by atoms with Gasteiger partial charge in [0.05, 0.1) is 27.1 Å². The van der Waals surface area contributed by atoms with Gasteiger partial charge in [-0.1, -0.05) is 0 Å². The van der Waals surface area contributed by atoms with Gasteiger partial charge in [0.15, 0.2) is 0 Å². The van der Waals surface area contributed by atoms with E-state index < -0.39 is 18.0 Å². The molecular formula is C10H18N2O5. The largest absolute Gasteiger partial charge is 0.544 e. The van der Waals surface area contributed by atoms with Crippen molar-refractivity contribution in [1.82, 2.24) is 5.32 Å². The first kappa shape index (κ1) is 15.4. The number of carboxylic acids is 2. The number of carboxylic acid groups (broad SMARTS) is 2. The van der Waals surface area contributed by atoms with E-state index in [0.717, 1.165) is 0 Å². The summed E-state index contributed by atoms with van der Waals surface area (Å²) in [5, 5.41) is 20.5. The number of rotatable bonds is 3. The van der Waals surface area contributed by atoms with Crippen LogP contribution in [0.3, 0.4) is 0 Å². The molecule has 1 heterocycles. The molecule has 7 heteroatoms. The lowest BCUT2D eigenvalue weighted by Crippen LogP contribution is -2.45. The van der Waals surface area contributed by atoms with Crippen LogP contribution < -0.4 is 10.4 Å². The molecule has 1 amide bonds. The standard InChI is InChI=1S/C5H7NO3.C5H11NO2/c7-4-2-1-3(6-4)5(8)9;1-6(2,3)4-5(7)8/h3H,1-2H2,(H,6,7)(H,8,9);4H2,1-3H3. The fourth-order valence-corrected chi connectivity index (χ4v) is 1.19. The second-order valence-corrected chi connectivity index (χ2v) is 4.82. The van der Waals surface area contributed by atoms with Gasteiger partial charge >= 0.3 is 5.97 Å². The highest BCUT2D eigenvalue weighted by atomic mass is 16.4. The minimum Gasteiger partial charge on any atom is -0.544 e. The Bertz CT molecular complexity index is 308. The first-order chi connectivity index (χ1) is 7.61. The molecule has 17 heavy (non-hydrogen) atoms. The molecule has 1 aliphatic heterocycles. The minimum atomic E-state index is -1.00. The van der Waals surface area contributed by atoms with E-state index in [4.69, 9.17) is 5.11 Å². The summed E-state index contributed by atoms with van der Waals surface area (Å²) >= 11 is 0. The van der Waals surface area contributed by atoms with E-state index in [-0.39, 0.29) is 12.5 Å². The van der Waals surface area contributed by atoms with E-state index in [1.54, 1.807) is 21.1 Å². The van der Waals surface area contributed by atoms with Crippen molar-refractivity contribution in [3.63, 3.8) is 0 Å². The molecule has 1 unspecified atom stereocenters. The zero-order chi connectivity index (χ0) is 13.6. The third kappa shape index (κ3) is 8.21. The smallest absolute Gasteiger partial charge is 0.326 e. The Morgan fingerprint density at radius 1 is 1.47 bits per heavy atom. The molecule has 0 saturated carbocycles. The normalized spacial score (nSPS) is 19.0. The predicted octanol–water partition coefficient (Wildman–Crippen LogP) is -2.21. The zero-order valence-corrected chi connectivity index (χ0v) is 10.2. The average molecular weight is 246 g/mol. The van der Waals surface area contributed by atoms with Crippen molar-refractivity contribution >= 4 is 17.8 Å². The van der Waals surface area contributed by atoms with Crippen LogP contribution in [-0.4, -0.2) is 61.2 Å². The molecule has 7 nitrogen and oxygen atoms in total. The van der Waals surface area contributed by atoms with Crippen molar-refractivity contribution in [3.05, 3.63) is 0 Å². The summed E-state index contributed by atoms with van der Waals surface area (Å²) in [5.41, 5.74) is 0. The first-order valence-corrected chi connectivity index (χ1v) is 5.14. The van der Waals surface area contributed by atoms with E-state index in [9.17, 15) is 19.5 Å². The van der Waals surface area contributed by atoms with E-state index >= 15 is 0 Å². The molecule has 0 aliphatic carbocycles. The van der Waals surface area contributed by atoms with Gasteiger partial charge in [0.25, 0.3) is 0 Å². The van der Waals surface area contributed by atoms with E-state index in [1.165, 1.54) is 0 Å². The van der Waals surface area contributed by atoms with Gasteiger partial charge in [-0.3, -0.25) is 4.79 Å². The maximum atomic E-state index is 10.4. The second kappa shape index (κ2) is 6.19. The minimum absolute atomic E-state index is 0.0694. The molecule has 98 valence electrons. The molecule has 1 saturated heterocycles. The first-order valence-electron chi connectivity index (χ1n) is 5.14. The van der Waals surface area contributed by atoms with Crippen LogP contribution in [-0.2, 0) is 14.4 Å². The van der Waals surface area contributed by atoms with Gasteiger partial charge < -0.3 is 24.8 Å². The molecule has 0 aromatic heterocycles. The van der Waals surface area contributed by atoms with Crippen molar-refractivity contribution in [1.29, 1.82) is 0 Å². The lowest BCUT2D eigenvalue weighted by Gasteiger charge is -2.23. The molecule has 0 spiro atoms. The number of hydrogen-bond donors (Lipinski definition) is 2. The molecule has 1 fully saturated rings. The molecule has 0 aromatic carbocycles. The summed E-state index contributed by atoms with van der Waals surface area (Å²) in [6.45, 7) is 0.0694. The molecule has 0 aromatic rings. The summed E-state index contributed by atoms with van der Waals surface area (Å²) in [6, 6.07) is -0.641. The Hall–Kier alpha value is -1.63. The Balaban J connectivity index is 0.000000304. The van der Waals surface area contributed by atoms with E-state index in [0.29, 0.717) is 17.3 Å². The van der Waals surface area contributed by atoms with Crippen molar-refractivity contribution in [2.45, 2.75) is 18.9 Å². The molecule has 1 atom stereocenters. The van der Waals surface area contributed by atoms with Crippen LogP contribution in [0.2, 0.25) is 0 Å². The van der Waals surface area contributed by atoms with Crippen LogP contribution >= 0.6 is 0 Å². The molecule has 2 N–H and O–H groups in total. The highest BCUT2D eigenvalue weighted by Crippen LogP contribution is 2.05. The molecule has 1 rings (SSSR count). The van der Waals surface area contributed by atoms with Crippen LogP contribution in [0.15, 0.2) is 0 Å². The third-order valence-corrected chi connectivity index (χ3v) is 1.90. The summed E-state index contributed by atoms with van der Waals surface area (Å²) in [4.78, 5) is 30.4. The molecular weight excluding hydrogens is 228 g/mol.